The second kappa shape index (κ2) is 3.68. The summed E-state index contributed by atoms with van der Waals surface area (Å²) in [6.07, 6.45) is 6.27. The predicted molar refractivity (Wildman–Crippen MR) is 64.9 cm³/mol. The third-order valence-electron chi connectivity index (χ3n) is 3.13. The number of hydrogen-bond acceptors (Lipinski definition) is 1. The average molecular weight is 213 g/mol. The van der Waals surface area contributed by atoms with E-state index in [0.29, 0.717) is 0 Å². The monoisotopic (exact) mass is 213 g/mol. The molecule has 1 aliphatic carbocycles. The van der Waals surface area contributed by atoms with Gasteiger partial charge in [0.05, 0.1) is 0 Å². The fraction of sp³-hybridized carbons (Fsp3) is 0.357. The summed E-state index contributed by atoms with van der Waals surface area (Å²) < 4.78 is 0. The summed E-state index contributed by atoms with van der Waals surface area (Å²) in [5.41, 5.74) is 1.73. The molecule has 16 heavy (non-hydrogen) atoms. The molecule has 0 aliphatic heterocycles. The summed E-state index contributed by atoms with van der Waals surface area (Å²) in [5.74, 6) is 2.79. The van der Waals surface area contributed by atoms with E-state index in [0.717, 1.165) is 17.7 Å². The first-order chi connectivity index (χ1) is 7.53. The predicted octanol–water partition coefficient (Wildman–Crippen LogP) is 2.65. The number of rotatable bonds is 2. The minimum Gasteiger partial charge on any atom is -0.326 e. The van der Waals surface area contributed by atoms with Gasteiger partial charge in [-0.2, -0.15) is 0 Å². The van der Waals surface area contributed by atoms with Crippen molar-refractivity contribution in [3.8, 4) is 12.3 Å². The molecular formula is C14H15NO. The molecule has 82 valence electrons. The molecule has 1 atom stereocenters. The zero-order valence-corrected chi connectivity index (χ0v) is 9.58. The minimum absolute atomic E-state index is 0.0965. The minimum atomic E-state index is 0.0965. The van der Waals surface area contributed by atoms with Crippen molar-refractivity contribution in [3.05, 3.63) is 29.8 Å². The summed E-state index contributed by atoms with van der Waals surface area (Å²) in [6.45, 7) is 4.21. The number of nitrogens with one attached hydrogen (secondary N) is 1. The van der Waals surface area contributed by atoms with Crippen LogP contribution in [0, 0.1) is 23.7 Å². The first-order valence-corrected chi connectivity index (χ1v) is 5.40. The van der Waals surface area contributed by atoms with Gasteiger partial charge in [0.25, 0.3) is 0 Å². The molecule has 1 aliphatic rings. The van der Waals surface area contributed by atoms with Crippen LogP contribution in [0.5, 0.6) is 0 Å². The third-order valence-corrected chi connectivity index (χ3v) is 3.13. The zero-order valence-electron chi connectivity index (χ0n) is 9.58. The quantitative estimate of drug-likeness (QED) is 0.752. The van der Waals surface area contributed by atoms with Crippen LogP contribution in [0.15, 0.2) is 24.3 Å². The van der Waals surface area contributed by atoms with Crippen LogP contribution in [-0.4, -0.2) is 5.91 Å². The van der Waals surface area contributed by atoms with Crippen LogP contribution in [0.3, 0.4) is 0 Å². The summed E-state index contributed by atoms with van der Waals surface area (Å²) in [7, 11) is 0. The first kappa shape index (κ1) is 10.8. The molecule has 2 heteroatoms. The van der Waals surface area contributed by atoms with Gasteiger partial charge >= 0.3 is 0 Å². The Morgan fingerprint density at radius 3 is 2.81 bits per heavy atom. The van der Waals surface area contributed by atoms with Gasteiger partial charge in [-0.15, -0.1) is 6.42 Å². The standard InChI is InChI=1S/C14H15NO/c1-4-10-6-5-7-11(8-10)15-13(16)12-9-14(12,2)3/h1,5-8,12H,9H2,2-3H3,(H,15,16). The Kier molecular flexibility index (Phi) is 2.47. The van der Waals surface area contributed by atoms with Crippen molar-refractivity contribution >= 4 is 11.6 Å². The van der Waals surface area contributed by atoms with E-state index in [-0.39, 0.29) is 17.2 Å². The maximum absolute atomic E-state index is 11.8. The molecule has 1 saturated carbocycles. The molecule has 1 fully saturated rings. The Morgan fingerprint density at radius 2 is 2.25 bits per heavy atom. The second-order valence-corrected chi connectivity index (χ2v) is 4.96. The molecule has 1 aromatic rings. The fourth-order valence-electron chi connectivity index (χ4n) is 1.83. The van der Waals surface area contributed by atoms with Gasteiger partial charge in [0, 0.05) is 17.2 Å². The van der Waals surface area contributed by atoms with Crippen LogP contribution in [0.1, 0.15) is 25.8 Å². The number of carbonyl (C=O) groups is 1. The molecule has 0 radical (unpaired) electrons. The van der Waals surface area contributed by atoms with Crippen molar-refractivity contribution in [2.45, 2.75) is 20.3 Å². The smallest absolute Gasteiger partial charge is 0.228 e. The lowest BCUT2D eigenvalue weighted by Gasteiger charge is -2.06. The molecular weight excluding hydrogens is 198 g/mol. The van der Waals surface area contributed by atoms with Crippen LogP contribution < -0.4 is 5.32 Å². The normalized spacial score (nSPS) is 20.9. The summed E-state index contributed by atoms with van der Waals surface area (Å²) in [6, 6.07) is 7.36. The van der Waals surface area contributed by atoms with Gasteiger partial charge in [-0.05, 0) is 30.0 Å². The molecule has 0 heterocycles. The first-order valence-electron chi connectivity index (χ1n) is 5.40. The molecule has 0 spiro atoms. The van der Waals surface area contributed by atoms with E-state index in [1.165, 1.54) is 0 Å². The largest absolute Gasteiger partial charge is 0.326 e. The summed E-state index contributed by atoms with van der Waals surface area (Å²) in [4.78, 5) is 11.8. The summed E-state index contributed by atoms with van der Waals surface area (Å²) in [5, 5.41) is 2.90. The van der Waals surface area contributed by atoms with Crippen molar-refractivity contribution in [3.63, 3.8) is 0 Å². The van der Waals surface area contributed by atoms with Crippen molar-refractivity contribution < 1.29 is 4.79 Å². The molecule has 1 aromatic carbocycles. The number of carbonyl (C=O) groups excluding carboxylic acids is 1. The Labute approximate surface area is 96.1 Å². The van der Waals surface area contributed by atoms with Gasteiger partial charge in [-0.1, -0.05) is 25.8 Å². The molecule has 1 N–H and O–H groups in total. The number of hydrogen-bond donors (Lipinski definition) is 1. The lowest BCUT2D eigenvalue weighted by Crippen LogP contribution is -2.16. The van der Waals surface area contributed by atoms with Crippen molar-refractivity contribution in [1.29, 1.82) is 0 Å². The lowest BCUT2D eigenvalue weighted by atomic mass is 10.1. The molecule has 2 nitrogen and oxygen atoms in total. The van der Waals surface area contributed by atoms with Crippen molar-refractivity contribution in [2.24, 2.45) is 11.3 Å². The van der Waals surface area contributed by atoms with Gasteiger partial charge in [-0.25, -0.2) is 0 Å². The van der Waals surface area contributed by atoms with E-state index in [1.807, 2.05) is 24.3 Å². The topological polar surface area (TPSA) is 29.1 Å². The average Bonchev–Trinajstić information content (AvgIpc) is 2.88. The zero-order chi connectivity index (χ0) is 11.8. The van der Waals surface area contributed by atoms with Crippen LogP contribution >= 0.6 is 0 Å². The number of benzene rings is 1. The van der Waals surface area contributed by atoms with E-state index in [9.17, 15) is 4.79 Å². The molecule has 1 unspecified atom stereocenters. The number of terminal acetylenes is 1. The molecule has 0 saturated heterocycles. The van der Waals surface area contributed by atoms with E-state index < -0.39 is 0 Å². The molecule has 1 amide bonds. The Balaban J connectivity index is 2.05. The van der Waals surface area contributed by atoms with Gasteiger partial charge in [0.2, 0.25) is 5.91 Å². The Morgan fingerprint density at radius 1 is 1.56 bits per heavy atom. The van der Waals surface area contributed by atoms with Crippen LogP contribution in [-0.2, 0) is 4.79 Å². The van der Waals surface area contributed by atoms with Gasteiger partial charge in [0.1, 0.15) is 0 Å². The fourth-order valence-corrected chi connectivity index (χ4v) is 1.83. The van der Waals surface area contributed by atoms with E-state index in [2.05, 4.69) is 25.1 Å². The maximum Gasteiger partial charge on any atom is 0.228 e. The highest BCUT2D eigenvalue weighted by Gasteiger charge is 2.50. The second-order valence-electron chi connectivity index (χ2n) is 4.96. The van der Waals surface area contributed by atoms with Gasteiger partial charge in [-0.3, -0.25) is 4.79 Å². The van der Waals surface area contributed by atoms with Crippen molar-refractivity contribution in [1.82, 2.24) is 0 Å². The van der Waals surface area contributed by atoms with Crippen molar-refractivity contribution in [2.75, 3.05) is 5.32 Å². The summed E-state index contributed by atoms with van der Waals surface area (Å²) >= 11 is 0. The van der Waals surface area contributed by atoms with Gasteiger partial charge in [0.15, 0.2) is 0 Å². The maximum atomic E-state index is 11.8. The molecule has 0 bridgehead atoms. The Hall–Kier alpha value is -1.75. The van der Waals surface area contributed by atoms with Crippen LogP contribution in [0.2, 0.25) is 0 Å². The molecule has 2 rings (SSSR count). The van der Waals surface area contributed by atoms with E-state index in [4.69, 9.17) is 6.42 Å². The van der Waals surface area contributed by atoms with Crippen LogP contribution in [0.4, 0.5) is 5.69 Å². The third kappa shape index (κ3) is 2.09. The molecule has 0 aromatic heterocycles. The highest BCUT2D eigenvalue weighted by molar-refractivity contribution is 5.95. The SMILES string of the molecule is C#Cc1cccc(NC(=O)C2CC2(C)C)c1. The highest BCUT2D eigenvalue weighted by Crippen LogP contribution is 2.51. The van der Waals surface area contributed by atoms with Crippen LogP contribution in [0.25, 0.3) is 0 Å². The number of amides is 1. The Bertz CT molecular complexity index is 468. The number of anilines is 1. The van der Waals surface area contributed by atoms with Gasteiger partial charge < -0.3 is 5.32 Å². The highest BCUT2D eigenvalue weighted by atomic mass is 16.2. The van der Waals surface area contributed by atoms with E-state index >= 15 is 0 Å². The lowest BCUT2D eigenvalue weighted by molar-refractivity contribution is -0.117. The van der Waals surface area contributed by atoms with E-state index in [1.54, 1.807) is 0 Å².